The molecule has 0 aliphatic rings. The average Bonchev–Trinajstić information content (AvgIpc) is 2.37. The van der Waals surface area contributed by atoms with E-state index >= 15 is 0 Å². The van der Waals surface area contributed by atoms with Crippen LogP contribution in [0.15, 0.2) is 39.8 Å². The number of pyridine rings is 1. The first-order valence-electron chi connectivity index (χ1n) is 5.08. The maximum atomic E-state index is 13.0. The largest absolute Gasteiger partial charge is 0.280 e. The third-order valence-corrected chi connectivity index (χ3v) is 5.03. The van der Waals surface area contributed by atoms with E-state index in [1.165, 1.54) is 18.2 Å². The van der Waals surface area contributed by atoms with E-state index in [2.05, 4.69) is 25.6 Å². The SMILES string of the molecule is O=S(=O)(Nc1ccc(F)c(Cl)c1)c1cnc(Cl)c(Br)c1. The number of anilines is 1. The molecule has 2 rings (SSSR count). The summed E-state index contributed by atoms with van der Waals surface area (Å²) in [4.78, 5) is 3.64. The zero-order valence-electron chi connectivity index (χ0n) is 9.57. The molecule has 106 valence electrons. The molecule has 0 bridgehead atoms. The number of benzene rings is 1. The average molecular weight is 400 g/mol. The Morgan fingerprint density at radius 2 is 1.95 bits per heavy atom. The molecule has 0 spiro atoms. The van der Waals surface area contributed by atoms with Crippen molar-refractivity contribution in [1.82, 2.24) is 4.98 Å². The summed E-state index contributed by atoms with van der Waals surface area (Å²) in [6, 6.07) is 4.81. The van der Waals surface area contributed by atoms with Crippen molar-refractivity contribution in [1.29, 1.82) is 0 Å². The van der Waals surface area contributed by atoms with Crippen LogP contribution in [0.4, 0.5) is 10.1 Å². The lowest BCUT2D eigenvalue weighted by Crippen LogP contribution is -2.13. The summed E-state index contributed by atoms with van der Waals surface area (Å²) in [7, 11) is -3.86. The molecular formula is C11H6BrCl2FN2O2S. The molecule has 1 heterocycles. The number of nitrogens with one attached hydrogen (secondary N) is 1. The van der Waals surface area contributed by atoms with Crippen LogP contribution < -0.4 is 4.72 Å². The molecule has 0 atom stereocenters. The van der Waals surface area contributed by atoms with Gasteiger partial charge in [0.1, 0.15) is 15.9 Å². The second-order valence-electron chi connectivity index (χ2n) is 3.68. The third kappa shape index (κ3) is 3.41. The lowest BCUT2D eigenvalue weighted by molar-refractivity contribution is 0.600. The Hall–Kier alpha value is -0.890. The van der Waals surface area contributed by atoms with Crippen molar-refractivity contribution in [2.24, 2.45) is 0 Å². The first-order chi connectivity index (χ1) is 9.29. The van der Waals surface area contributed by atoms with Crippen LogP contribution in [0.5, 0.6) is 0 Å². The summed E-state index contributed by atoms with van der Waals surface area (Å²) in [5.41, 5.74) is 0.141. The van der Waals surface area contributed by atoms with E-state index in [-0.39, 0.29) is 20.8 Å². The van der Waals surface area contributed by atoms with Crippen molar-refractivity contribution >= 4 is 54.8 Å². The van der Waals surface area contributed by atoms with Crippen LogP contribution in [0.2, 0.25) is 10.2 Å². The molecule has 1 aromatic heterocycles. The Labute approximate surface area is 133 Å². The highest BCUT2D eigenvalue weighted by Crippen LogP contribution is 2.25. The Morgan fingerprint density at radius 1 is 1.25 bits per heavy atom. The van der Waals surface area contributed by atoms with Gasteiger partial charge in [0.2, 0.25) is 0 Å². The van der Waals surface area contributed by atoms with Crippen LogP contribution in [0.3, 0.4) is 0 Å². The summed E-state index contributed by atoms with van der Waals surface area (Å²) in [5.74, 6) is -0.634. The van der Waals surface area contributed by atoms with Gasteiger partial charge in [0, 0.05) is 6.20 Å². The Morgan fingerprint density at radius 3 is 2.55 bits per heavy atom. The first kappa shape index (κ1) is 15.5. The van der Waals surface area contributed by atoms with Gasteiger partial charge in [0.25, 0.3) is 10.0 Å². The summed E-state index contributed by atoms with van der Waals surface area (Å²) >= 11 is 14.4. The summed E-state index contributed by atoms with van der Waals surface area (Å²) in [6.45, 7) is 0. The van der Waals surface area contributed by atoms with Crippen molar-refractivity contribution in [2.75, 3.05) is 4.72 Å². The summed E-state index contributed by atoms with van der Waals surface area (Å²) < 4.78 is 39.8. The quantitative estimate of drug-likeness (QED) is 0.790. The summed E-state index contributed by atoms with van der Waals surface area (Å²) in [5, 5.41) is -0.0330. The molecule has 0 fully saturated rings. The molecular weight excluding hydrogens is 394 g/mol. The molecule has 0 radical (unpaired) electrons. The van der Waals surface area contributed by atoms with Crippen molar-refractivity contribution in [3.05, 3.63) is 50.9 Å². The molecule has 0 saturated heterocycles. The lowest BCUT2D eigenvalue weighted by atomic mass is 10.3. The molecule has 1 N–H and O–H groups in total. The molecule has 4 nitrogen and oxygen atoms in total. The number of nitrogens with zero attached hydrogens (tertiary/aromatic N) is 1. The number of aromatic nitrogens is 1. The molecule has 0 aliphatic heterocycles. The molecule has 0 saturated carbocycles. The fourth-order valence-corrected chi connectivity index (χ4v) is 3.13. The highest BCUT2D eigenvalue weighted by Gasteiger charge is 2.17. The minimum atomic E-state index is -3.86. The Kier molecular flexibility index (Phi) is 4.53. The lowest BCUT2D eigenvalue weighted by Gasteiger charge is -2.09. The van der Waals surface area contributed by atoms with Crippen LogP contribution in [0, 0.1) is 5.82 Å². The van der Waals surface area contributed by atoms with Crippen LogP contribution in [-0.2, 0) is 10.0 Å². The zero-order valence-corrected chi connectivity index (χ0v) is 13.5. The van der Waals surface area contributed by atoms with Gasteiger partial charge in [-0.25, -0.2) is 17.8 Å². The standard InChI is InChI=1S/C11H6BrCl2FN2O2S/c12-8-4-7(5-16-11(8)14)20(18,19)17-6-1-2-10(15)9(13)3-6/h1-5,17H. The van der Waals surface area contributed by atoms with Crippen molar-refractivity contribution in [3.8, 4) is 0 Å². The smallest absolute Gasteiger partial charge is 0.263 e. The van der Waals surface area contributed by atoms with Crippen LogP contribution in [0.25, 0.3) is 0 Å². The van der Waals surface area contributed by atoms with Gasteiger partial charge in [-0.1, -0.05) is 23.2 Å². The highest BCUT2D eigenvalue weighted by atomic mass is 79.9. The van der Waals surface area contributed by atoms with Gasteiger partial charge < -0.3 is 0 Å². The van der Waals surface area contributed by atoms with Gasteiger partial charge >= 0.3 is 0 Å². The minimum Gasteiger partial charge on any atom is -0.280 e. The maximum absolute atomic E-state index is 13.0. The predicted octanol–water partition coefficient (Wildman–Crippen LogP) is 4.09. The van der Waals surface area contributed by atoms with E-state index in [0.717, 1.165) is 12.3 Å². The number of halogens is 4. The number of hydrogen-bond acceptors (Lipinski definition) is 3. The Balaban J connectivity index is 2.35. The molecule has 1 aromatic carbocycles. The second-order valence-corrected chi connectivity index (χ2v) is 6.98. The van der Waals surface area contributed by atoms with E-state index in [9.17, 15) is 12.8 Å². The fraction of sp³-hybridized carbons (Fsp3) is 0. The van der Waals surface area contributed by atoms with Gasteiger partial charge in [-0.2, -0.15) is 0 Å². The molecule has 0 unspecified atom stereocenters. The first-order valence-corrected chi connectivity index (χ1v) is 8.12. The normalized spacial score (nSPS) is 11.4. The summed E-state index contributed by atoms with van der Waals surface area (Å²) in [6.07, 6.45) is 1.11. The van der Waals surface area contributed by atoms with Gasteiger partial charge in [-0.3, -0.25) is 4.72 Å². The predicted molar refractivity (Wildman–Crippen MR) is 79.2 cm³/mol. The van der Waals surface area contributed by atoms with Crippen molar-refractivity contribution in [3.63, 3.8) is 0 Å². The monoisotopic (exact) mass is 398 g/mol. The molecule has 2 aromatic rings. The Bertz CT molecular complexity index is 771. The van der Waals surface area contributed by atoms with Crippen molar-refractivity contribution in [2.45, 2.75) is 4.90 Å². The van der Waals surface area contributed by atoms with E-state index in [0.29, 0.717) is 4.47 Å². The van der Waals surface area contributed by atoms with Crippen molar-refractivity contribution < 1.29 is 12.8 Å². The van der Waals surface area contributed by atoms with E-state index in [1.807, 2.05) is 0 Å². The number of rotatable bonds is 3. The second kappa shape index (κ2) is 5.85. The molecule has 20 heavy (non-hydrogen) atoms. The topological polar surface area (TPSA) is 59.1 Å². The third-order valence-electron chi connectivity index (χ3n) is 2.25. The zero-order chi connectivity index (χ0) is 14.9. The van der Waals surface area contributed by atoms with Gasteiger partial charge in [0.15, 0.2) is 0 Å². The van der Waals surface area contributed by atoms with Crippen LogP contribution in [0.1, 0.15) is 0 Å². The molecule has 9 heteroatoms. The van der Waals surface area contributed by atoms with Gasteiger partial charge in [-0.05, 0) is 40.2 Å². The highest BCUT2D eigenvalue weighted by molar-refractivity contribution is 9.10. The van der Waals surface area contributed by atoms with Gasteiger partial charge in [0.05, 0.1) is 15.2 Å². The fourth-order valence-electron chi connectivity index (χ4n) is 1.32. The number of hydrogen-bond donors (Lipinski definition) is 1. The van der Waals surface area contributed by atoms with Crippen LogP contribution >= 0.6 is 39.1 Å². The minimum absolute atomic E-state index is 0.0887. The van der Waals surface area contributed by atoms with E-state index < -0.39 is 15.8 Å². The van der Waals surface area contributed by atoms with Crippen LogP contribution in [-0.4, -0.2) is 13.4 Å². The van der Waals surface area contributed by atoms with E-state index in [1.54, 1.807) is 0 Å². The maximum Gasteiger partial charge on any atom is 0.263 e. The van der Waals surface area contributed by atoms with Gasteiger partial charge in [-0.15, -0.1) is 0 Å². The van der Waals surface area contributed by atoms with E-state index in [4.69, 9.17) is 23.2 Å². The number of sulfonamides is 1. The molecule has 0 aliphatic carbocycles. The molecule has 0 amide bonds.